The maximum Gasteiger partial charge on any atom is 0.205 e. The van der Waals surface area contributed by atoms with Crippen molar-refractivity contribution < 1.29 is 4.99 Å². The molecule has 2 aliphatic carbocycles. The molecule has 0 amide bonds. The smallest absolute Gasteiger partial charge is 0.205 e. The van der Waals surface area contributed by atoms with Crippen LogP contribution in [0.25, 0.3) is 39.9 Å². The van der Waals surface area contributed by atoms with Crippen LogP contribution in [0.3, 0.4) is 0 Å². The van der Waals surface area contributed by atoms with Crippen molar-refractivity contribution >= 4 is 57.2 Å². The summed E-state index contributed by atoms with van der Waals surface area (Å²) in [4.78, 5) is 3.42. The number of hydrogen-bond donors (Lipinski definition) is 1. The van der Waals surface area contributed by atoms with Gasteiger partial charge in [-0.15, -0.1) is 0 Å². The number of nitrogens with zero attached hydrogens (tertiary/aromatic N) is 1. The first-order chi connectivity index (χ1) is 19.0. The molecule has 3 aromatic carbocycles. The second-order valence-electron chi connectivity index (χ2n) is 10.5. The van der Waals surface area contributed by atoms with Gasteiger partial charge in [0.15, 0.2) is 0 Å². The minimum atomic E-state index is 0.881. The first-order valence-electron chi connectivity index (χ1n) is 13.8. The van der Waals surface area contributed by atoms with E-state index in [0.29, 0.717) is 0 Å². The van der Waals surface area contributed by atoms with Crippen LogP contribution in [-0.4, -0.2) is 17.3 Å². The minimum absolute atomic E-state index is 0.881. The van der Waals surface area contributed by atoms with Crippen molar-refractivity contribution in [2.75, 3.05) is 7.05 Å². The van der Waals surface area contributed by atoms with E-state index in [1.807, 2.05) is 7.05 Å². The molecule has 4 aromatic rings. The average Bonchev–Trinajstić information content (AvgIpc) is 3.08. The zero-order valence-electron chi connectivity index (χ0n) is 22.9. The highest BCUT2D eigenvalue weighted by Gasteiger charge is 2.17. The standard InChI is InChI=1S/C36H33ClN2/c1-24-22-28-14-9-17-31-33(39(3)34(23-24)35(28)31)21-19-27-13-7-12-26(36(27)37)18-20-32(38-2)30-16-8-11-25-10-5-4-6-15-29(25)30/h5-6,8-11,14-23H,4,7,12-13H2,1-3H3/p+1/b20-18+,27-19+,33-21+,38-32?. The molecule has 39 heavy (non-hydrogen) atoms. The highest BCUT2D eigenvalue weighted by Crippen LogP contribution is 2.34. The number of aryl methyl sites for hydroxylation is 2. The van der Waals surface area contributed by atoms with Crippen molar-refractivity contribution in [3.63, 3.8) is 0 Å². The van der Waals surface area contributed by atoms with E-state index in [1.165, 1.54) is 60.4 Å². The van der Waals surface area contributed by atoms with E-state index in [-0.39, 0.29) is 0 Å². The van der Waals surface area contributed by atoms with Crippen LogP contribution in [0.2, 0.25) is 0 Å². The van der Waals surface area contributed by atoms with Crippen molar-refractivity contribution in [3.05, 3.63) is 123 Å². The molecule has 0 atom stereocenters. The molecular weight excluding hydrogens is 496 g/mol. The normalized spacial score (nSPS) is 17.8. The number of fused-ring (bicyclic) bond motifs is 1. The molecule has 0 saturated heterocycles. The first kappa shape index (κ1) is 25.4. The Bertz CT molecular complexity index is 1840. The summed E-state index contributed by atoms with van der Waals surface area (Å²) in [5, 5.41) is 6.03. The van der Waals surface area contributed by atoms with Gasteiger partial charge in [-0.1, -0.05) is 84.5 Å². The Morgan fingerprint density at radius 1 is 1.00 bits per heavy atom. The van der Waals surface area contributed by atoms with E-state index in [0.717, 1.165) is 36.4 Å². The molecule has 3 heteroatoms. The van der Waals surface area contributed by atoms with Gasteiger partial charge in [-0.2, -0.15) is 0 Å². The first-order valence-corrected chi connectivity index (χ1v) is 14.2. The molecule has 0 radical (unpaired) electrons. The maximum absolute atomic E-state index is 7.04. The predicted molar refractivity (Wildman–Crippen MR) is 169 cm³/mol. The molecular formula is C36H34ClN2+. The number of benzene rings is 3. The molecule has 0 bridgehead atoms. The molecule has 1 heterocycles. The van der Waals surface area contributed by atoms with Crippen molar-refractivity contribution in [1.29, 1.82) is 0 Å². The Hall–Kier alpha value is -3.88. The van der Waals surface area contributed by atoms with E-state index >= 15 is 0 Å². The van der Waals surface area contributed by atoms with Crippen molar-refractivity contribution in [2.45, 2.75) is 32.6 Å². The van der Waals surface area contributed by atoms with Crippen LogP contribution in [0.15, 0.2) is 95.1 Å². The second-order valence-corrected chi connectivity index (χ2v) is 10.9. The number of hydrogen-bond acceptors (Lipinski definition) is 0. The SMILES string of the molecule is C[NH+]=C(/C=C/C1=C(Cl)C(=C/C=c2\c3cccc4cc(C)cc(c43)n2C)/CCC1)c1cccc2c1C=CCC=C2. The lowest BCUT2D eigenvalue weighted by molar-refractivity contribution is -0.418. The van der Waals surface area contributed by atoms with Gasteiger partial charge >= 0.3 is 0 Å². The summed E-state index contributed by atoms with van der Waals surface area (Å²) >= 11 is 7.04. The average molecular weight is 530 g/mol. The molecule has 194 valence electrons. The van der Waals surface area contributed by atoms with Crippen LogP contribution in [-0.2, 0) is 7.05 Å². The van der Waals surface area contributed by atoms with Gasteiger partial charge in [0.05, 0.1) is 5.56 Å². The summed E-state index contributed by atoms with van der Waals surface area (Å²) in [7, 11) is 4.15. The van der Waals surface area contributed by atoms with Gasteiger partial charge in [0.2, 0.25) is 5.71 Å². The Labute approximate surface area is 235 Å². The number of rotatable bonds is 4. The zero-order chi connectivity index (χ0) is 26.9. The van der Waals surface area contributed by atoms with Gasteiger partial charge in [0, 0.05) is 39.8 Å². The minimum Gasteiger partial charge on any atom is -0.344 e. The molecule has 0 spiro atoms. The van der Waals surface area contributed by atoms with Crippen LogP contribution in [0.4, 0.5) is 0 Å². The zero-order valence-corrected chi connectivity index (χ0v) is 23.6. The van der Waals surface area contributed by atoms with Crippen molar-refractivity contribution in [1.82, 2.24) is 4.57 Å². The van der Waals surface area contributed by atoms with E-state index < -0.39 is 0 Å². The van der Waals surface area contributed by atoms with Crippen molar-refractivity contribution in [3.8, 4) is 0 Å². The van der Waals surface area contributed by atoms with Gasteiger partial charge < -0.3 is 4.57 Å². The monoisotopic (exact) mass is 529 g/mol. The van der Waals surface area contributed by atoms with Gasteiger partial charge in [0.25, 0.3) is 0 Å². The molecule has 2 aliphatic rings. The fourth-order valence-corrected chi connectivity index (χ4v) is 6.34. The number of halogens is 1. The van der Waals surface area contributed by atoms with E-state index in [2.05, 4.69) is 121 Å². The molecule has 6 rings (SSSR count). The van der Waals surface area contributed by atoms with Crippen LogP contribution in [0, 0.1) is 6.92 Å². The molecule has 0 saturated carbocycles. The fourth-order valence-electron chi connectivity index (χ4n) is 6.03. The summed E-state index contributed by atoms with van der Waals surface area (Å²) in [6, 6.07) is 17.6. The topological polar surface area (TPSA) is 18.9 Å². The van der Waals surface area contributed by atoms with Crippen LogP contribution in [0.5, 0.6) is 0 Å². The molecule has 0 unspecified atom stereocenters. The van der Waals surface area contributed by atoms with Crippen LogP contribution < -0.4 is 10.3 Å². The Morgan fingerprint density at radius 2 is 1.85 bits per heavy atom. The van der Waals surface area contributed by atoms with Gasteiger partial charge in [0.1, 0.15) is 7.05 Å². The van der Waals surface area contributed by atoms with Gasteiger partial charge in [-0.3, -0.25) is 0 Å². The van der Waals surface area contributed by atoms with Crippen LogP contribution >= 0.6 is 11.6 Å². The Balaban J connectivity index is 1.36. The third-order valence-electron chi connectivity index (χ3n) is 8.00. The lowest BCUT2D eigenvalue weighted by atomic mass is 9.92. The van der Waals surface area contributed by atoms with Crippen molar-refractivity contribution in [2.24, 2.45) is 7.05 Å². The molecule has 0 fully saturated rings. The van der Waals surface area contributed by atoms with E-state index in [4.69, 9.17) is 11.6 Å². The lowest BCUT2D eigenvalue weighted by Crippen LogP contribution is -2.67. The highest BCUT2D eigenvalue weighted by atomic mass is 35.5. The van der Waals surface area contributed by atoms with Gasteiger partial charge in [-0.05, 0) is 84.0 Å². The third kappa shape index (κ3) is 4.75. The number of aromatic nitrogens is 1. The Kier molecular flexibility index (Phi) is 6.97. The number of allylic oxidation sites excluding steroid dienone is 8. The van der Waals surface area contributed by atoms with Crippen LogP contribution in [0.1, 0.15) is 47.9 Å². The predicted octanol–water partition coefficient (Wildman–Crippen LogP) is 6.93. The molecule has 2 nitrogen and oxygen atoms in total. The highest BCUT2D eigenvalue weighted by molar-refractivity contribution is 6.32. The van der Waals surface area contributed by atoms with E-state index in [1.54, 1.807) is 0 Å². The fraction of sp³-hybridized carbons (Fsp3) is 0.194. The second kappa shape index (κ2) is 10.7. The lowest BCUT2D eigenvalue weighted by Gasteiger charge is -2.16. The molecule has 1 N–H and O–H groups in total. The summed E-state index contributed by atoms with van der Waals surface area (Å²) < 4.78 is 2.31. The van der Waals surface area contributed by atoms with E-state index in [9.17, 15) is 0 Å². The summed E-state index contributed by atoms with van der Waals surface area (Å²) in [5.74, 6) is 0. The third-order valence-corrected chi connectivity index (χ3v) is 8.49. The quantitative estimate of drug-likeness (QED) is 0.276. The largest absolute Gasteiger partial charge is 0.344 e. The summed E-state index contributed by atoms with van der Waals surface area (Å²) in [6.45, 7) is 2.17. The van der Waals surface area contributed by atoms with Gasteiger partial charge in [-0.25, -0.2) is 4.99 Å². The molecule has 0 aliphatic heterocycles. The number of nitrogens with one attached hydrogen (secondary N) is 1. The summed E-state index contributed by atoms with van der Waals surface area (Å²) in [5.41, 5.74) is 9.76. The molecule has 1 aromatic heterocycles. The summed E-state index contributed by atoms with van der Waals surface area (Å²) in [6.07, 6.45) is 21.8. The Morgan fingerprint density at radius 3 is 2.72 bits per heavy atom. The maximum atomic E-state index is 7.04.